The lowest BCUT2D eigenvalue weighted by Crippen LogP contribution is -2.32. The molecular formula is C14H20FNO. The summed E-state index contributed by atoms with van der Waals surface area (Å²) in [7, 11) is 1.51. The van der Waals surface area contributed by atoms with E-state index in [-0.39, 0.29) is 11.9 Å². The van der Waals surface area contributed by atoms with E-state index in [1.54, 1.807) is 6.07 Å². The lowest BCUT2D eigenvalue weighted by atomic mass is 9.77. The SMILES string of the molecule is CCNC(c1cccc(OC)c1F)C1CCC1. The zero-order valence-corrected chi connectivity index (χ0v) is 10.5. The zero-order valence-electron chi connectivity index (χ0n) is 10.5. The standard InChI is InChI=1S/C14H20FNO/c1-3-16-14(10-6-4-7-10)11-8-5-9-12(17-2)13(11)15/h5,8-10,14,16H,3-4,6-7H2,1-2H3. The van der Waals surface area contributed by atoms with E-state index < -0.39 is 0 Å². The van der Waals surface area contributed by atoms with Crippen LogP contribution in [0.4, 0.5) is 4.39 Å². The van der Waals surface area contributed by atoms with Crippen molar-refractivity contribution in [2.75, 3.05) is 13.7 Å². The number of halogens is 1. The topological polar surface area (TPSA) is 21.3 Å². The average Bonchev–Trinajstić information content (AvgIpc) is 2.26. The molecule has 0 saturated heterocycles. The molecule has 0 bridgehead atoms. The maximum atomic E-state index is 14.2. The van der Waals surface area contributed by atoms with Gasteiger partial charge < -0.3 is 10.1 Å². The smallest absolute Gasteiger partial charge is 0.169 e. The Kier molecular flexibility index (Phi) is 4.00. The van der Waals surface area contributed by atoms with Gasteiger partial charge in [0.15, 0.2) is 11.6 Å². The highest BCUT2D eigenvalue weighted by molar-refractivity contribution is 5.33. The molecule has 1 saturated carbocycles. The Bertz CT molecular complexity index is 376. The molecular weight excluding hydrogens is 217 g/mol. The van der Waals surface area contributed by atoms with Gasteiger partial charge in [0.2, 0.25) is 0 Å². The van der Waals surface area contributed by atoms with Crippen LogP contribution in [-0.2, 0) is 0 Å². The summed E-state index contributed by atoms with van der Waals surface area (Å²) >= 11 is 0. The molecule has 1 aromatic rings. The van der Waals surface area contributed by atoms with E-state index in [1.165, 1.54) is 26.4 Å². The largest absolute Gasteiger partial charge is 0.494 e. The fourth-order valence-electron chi connectivity index (χ4n) is 2.45. The van der Waals surface area contributed by atoms with Crippen molar-refractivity contribution < 1.29 is 9.13 Å². The lowest BCUT2D eigenvalue weighted by molar-refractivity contribution is 0.228. The van der Waals surface area contributed by atoms with Crippen molar-refractivity contribution in [2.24, 2.45) is 5.92 Å². The summed E-state index contributed by atoms with van der Waals surface area (Å²) in [4.78, 5) is 0. The molecule has 0 aliphatic heterocycles. The van der Waals surface area contributed by atoms with Gasteiger partial charge in [-0.05, 0) is 31.4 Å². The number of hydrogen-bond acceptors (Lipinski definition) is 2. The van der Waals surface area contributed by atoms with Crippen LogP contribution in [0.1, 0.15) is 37.8 Å². The fraction of sp³-hybridized carbons (Fsp3) is 0.571. The highest BCUT2D eigenvalue weighted by atomic mass is 19.1. The van der Waals surface area contributed by atoms with Crippen LogP contribution in [0.3, 0.4) is 0 Å². The molecule has 0 aromatic heterocycles. The van der Waals surface area contributed by atoms with Gasteiger partial charge in [0.05, 0.1) is 7.11 Å². The summed E-state index contributed by atoms with van der Waals surface area (Å²) < 4.78 is 19.2. The second-order valence-electron chi connectivity index (χ2n) is 4.59. The van der Waals surface area contributed by atoms with Gasteiger partial charge in [-0.15, -0.1) is 0 Å². The van der Waals surface area contributed by atoms with Crippen molar-refractivity contribution in [1.29, 1.82) is 0 Å². The van der Waals surface area contributed by atoms with Gasteiger partial charge in [-0.1, -0.05) is 25.5 Å². The summed E-state index contributed by atoms with van der Waals surface area (Å²) in [5, 5.41) is 3.40. The molecule has 2 nitrogen and oxygen atoms in total. The van der Waals surface area contributed by atoms with Crippen molar-refractivity contribution in [3.63, 3.8) is 0 Å². The minimum absolute atomic E-state index is 0.129. The number of methoxy groups -OCH3 is 1. The van der Waals surface area contributed by atoms with Crippen LogP contribution in [0, 0.1) is 11.7 Å². The van der Waals surface area contributed by atoms with E-state index in [2.05, 4.69) is 12.2 Å². The Hall–Kier alpha value is -1.09. The van der Waals surface area contributed by atoms with Crippen LogP contribution in [-0.4, -0.2) is 13.7 Å². The van der Waals surface area contributed by atoms with E-state index in [0.717, 1.165) is 12.1 Å². The van der Waals surface area contributed by atoms with Crippen molar-refractivity contribution >= 4 is 0 Å². The molecule has 1 fully saturated rings. The van der Waals surface area contributed by atoms with Gasteiger partial charge >= 0.3 is 0 Å². The lowest BCUT2D eigenvalue weighted by Gasteiger charge is -2.35. The van der Waals surface area contributed by atoms with Crippen LogP contribution in [0.15, 0.2) is 18.2 Å². The van der Waals surface area contributed by atoms with Gasteiger partial charge in [-0.3, -0.25) is 0 Å². The van der Waals surface area contributed by atoms with Crippen LogP contribution >= 0.6 is 0 Å². The predicted octanol–water partition coefficient (Wildman–Crippen LogP) is 3.29. The van der Waals surface area contributed by atoms with E-state index in [1.807, 2.05) is 12.1 Å². The Labute approximate surface area is 102 Å². The molecule has 1 aliphatic carbocycles. The highest BCUT2D eigenvalue weighted by Gasteiger charge is 2.30. The molecule has 0 spiro atoms. The summed E-state index contributed by atoms with van der Waals surface area (Å²) in [6.45, 7) is 2.92. The molecule has 1 aliphatic rings. The third kappa shape index (κ3) is 2.44. The van der Waals surface area contributed by atoms with Crippen LogP contribution in [0.25, 0.3) is 0 Å². The Morgan fingerprint density at radius 1 is 1.47 bits per heavy atom. The monoisotopic (exact) mass is 237 g/mol. The van der Waals surface area contributed by atoms with E-state index in [0.29, 0.717) is 11.7 Å². The normalized spacial score (nSPS) is 17.6. The maximum Gasteiger partial charge on any atom is 0.169 e. The summed E-state index contributed by atoms with van der Waals surface area (Å²) in [6.07, 6.45) is 3.64. The third-order valence-electron chi connectivity index (χ3n) is 3.59. The zero-order chi connectivity index (χ0) is 12.3. The summed E-state index contributed by atoms with van der Waals surface area (Å²) in [5.41, 5.74) is 0.746. The van der Waals surface area contributed by atoms with Gasteiger partial charge in [0.25, 0.3) is 0 Å². The molecule has 1 atom stereocenters. The number of hydrogen-bond donors (Lipinski definition) is 1. The first-order chi connectivity index (χ1) is 8.27. The first-order valence-electron chi connectivity index (χ1n) is 6.33. The van der Waals surface area contributed by atoms with Crippen LogP contribution < -0.4 is 10.1 Å². The number of ether oxygens (including phenoxy) is 1. The molecule has 1 unspecified atom stereocenters. The number of nitrogens with one attached hydrogen (secondary N) is 1. The van der Waals surface area contributed by atoms with Crippen LogP contribution in [0.2, 0.25) is 0 Å². The Balaban J connectivity index is 2.28. The first kappa shape index (κ1) is 12.4. The molecule has 3 heteroatoms. The van der Waals surface area contributed by atoms with Gasteiger partial charge in [-0.2, -0.15) is 0 Å². The predicted molar refractivity (Wildman–Crippen MR) is 66.7 cm³/mol. The van der Waals surface area contributed by atoms with Crippen molar-refractivity contribution in [2.45, 2.75) is 32.2 Å². The third-order valence-corrected chi connectivity index (χ3v) is 3.59. The summed E-state index contributed by atoms with van der Waals surface area (Å²) in [5.74, 6) is 0.689. The van der Waals surface area contributed by atoms with Crippen molar-refractivity contribution in [1.82, 2.24) is 5.32 Å². The van der Waals surface area contributed by atoms with Crippen molar-refractivity contribution in [3.05, 3.63) is 29.6 Å². The second-order valence-corrected chi connectivity index (χ2v) is 4.59. The van der Waals surface area contributed by atoms with Gasteiger partial charge in [0, 0.05) is 11.6 Å². The molecule has 1 aromatic carbocycles. The molecule has 0 radical (unpaired) electrons. The van der Waals surface area contributed by atoms with Crippen molar-refractivity contribution in [3.8, 4) is 5.75 Å². The minimum Gasteiger partial charge on any atom is -0.494 e. The maximum absolute atomic E-state index is 14.2. The minimum atomic E-state index is -0.215. The van der Waals surface area contributed by atoms with E-state index in [4.69, 9.17) is 4.74 Å². The number of benzene rings is 1. The highest BCUT2D eigenvalue weighted by Crippen LogP contribution is 2.39. The first-order valence-corrected chi connectivity index (χ1v) is 6.33. The summed E-state index contributed by atoms with van der Waals surface area (Å²) in [6, 6.07) is 5.52. The quantitative estimate of drug-likeness (QED) is 0.848. The molecule has 0 amide bonds. The van der Waals surface area contributed by atoms with Gasteiger partial charge in [0.1, 0.15) is 0 Å². The van der Waals surface area contributed by atoms with Crippen LogP contribution in [0.5, 0.6) is 5.75 Å². The molecule has 2 rings (SSSR count). The molecule has 17 heavy (non-hydrogen) atoms. The molecule has 0 heterocycles. The fourth-order valence-corrected chi connectivity index (χ4v) is 2.45. The van der Waals surface area contributed by atoms with Gasteiger partial charge in [-0.25, -0.2) is 4.39 Å². The second kappa shape index (κ2) is 5.50. The van der Waals surface area contributed by atoms with E-state index in [9.17, 15) is 4.39 Å². The Morgan fingerprint density at radius 3 is 2.76 bits per heavy atom. The van der Waals surface area contributed by atoms with E-state index >= 15 is 0 Å². The molecule has 94 valence electrons. The number of rotatable bonds is 5. The molecule has 1 N–H and O–H groups in total. The average molecular weight is 237 g/mol. The Morgan fingerprint density at radius 2 is 2.24 bits per heavy atom.